The van der Waals surface area contributed by atoms with Crippen molar-refractivity contribution in [3.63, 3.8) is 0 Å². The van der Waals surface area contributed by atoms with Gasteiger partial charge in [0.1, 0.15) is 5.82 Å². The first kappa shape index (κ1) is 15.2. The molecule has 0 saturated carbocycles. The van der Waals surface area contributed by atoms with Gasteiger partial charge in [-0.3, -0.25) is 4.79 Å². The molecule has 1 amide bonds. The molecular weight excluding hydrogens is 289 g/mol. The van der Waals surface area contributed by atoms with E-state index in [9.17, 15) is 9.18 Å². The second kappa shape index (κ2) is 7.05. The number of hydrogen-bond acceptors (Lipinski definition) is 1. The van der Waals surface area contributed by atoms with Crippen molar-refractivity contribution in [2.24, 2.45) is 0 Å². The van der Waals surface area contributed by atoms with E-state index in [1.807, 2.05) is 30.3 Å². The van der Waals surface area contributed by atoms with E-state index in [2.05, 4.69) is 17.4 Å². The zero-order valence-electron chi connectivity index (χ0n) is 12.8. The maximum absolute atomic E-state index is 12.8. The number of rotatable bonds is 5. The molecule has 0 fully saturated rings. The molecule has 116 valence electrons. The van der Waals surface area contributed by atoms with Crippen LogP contribution in [0.2, 0.25) is 0 Å². The van der Waals surface area contributed by atoms with Gasteiger partial charge in [-0.25, -0.2) is 4.39 Å². The quantitative estimate of drug-likeness (QED) is 0.761. The second-order valence-electron chi connectivity index (χ2n) is 5.58. The summed E-state index contributed by atoms with van der Waals surface area (Å²) in [6.45, 7) is 0.554. The first-order chi connectivity index (χ1) is 11.2. The Morgan fingerprint density at radius 1 is 0.870 bits per heavy atom. The standard InChI is InChI=1S/C20H18FNO/c21-19-9-6-15(7-10-19)11-12-22-20(23)14-16-5-8-17-3-1-2-4-18(17)13-16/h1-10,13H,11-12,14H2,(H,22,23). The molecular formula is C20H18FNO. The largest absolute Gasteiger partial charge is 0.355 e. The van der Waals surface area contributed by atoms with Gasteiger partial charge in [-0.1, -0.05) is 54.6 Å². The lowest BCUT2D eigenvalue weighted by atomic mass is 10.0. The average molecular weight is 307 g/mol. The predicted molar refractivity (Wildman–Crippen MR) is 90.8 cm³/mol. The fourth-order valence-electron chi connectivity index (χ4n) is 2.59. The lowest BCUT2D eigenvalue weighted by Crippen LogP contribution is -2.27. The molecule has 0 aliphatic heterocycles. The molecule has 1 N–H and O–H groups in total. The first-order valence-corrected chi connectivity index (χ1v) is 7.69. The number of benzene rings is 3. The fraction of sp³-hybridized carbons (Fsp3) is 0.150. The van der Waals surface area contributed by atoms with Crippen LogP contribution in [0.4, 0.5) is 4.39 Å². The number of carbonyl (C=O) groups is 1. The summed E-state index contributed by atoms with van der Waals surface area (Å²) in [4.78, 5) is 12.0. The lowest BCUT2D eigenvalue weighted by molar-refractivity contribution is -0.120. The van der Waals surface area contributed by atoms with Gasteiger partial charge in [-0.2, -0.15) is 0 Å². The zero-order chi connectivity index (χ0) is 16.1. The summed E-state index contributed by atoms with van der Waals surface area (Å²) in [5.41, 5.74) is 2.01. The van der Waals surface area contributed by atoms with Crippen LogP contribution >= 0.6 is 0 Å². The number of fused-ring (bicyclic) bond motifs is 1. The highest BCUT2D eigenvalue weighted by atomic mass is 19.1. The first-order valence-electron chi connectivity index (χ1n) is 7.69. The normalized spacial score (nSPS) is 10.7. The van der Waals surface area contributed by atoms with Crippen molar-refractivity contribution in [2.45, 2.75) is 12.8 Å². The minimum Gasteiger partial charge on any atom is -0.355 e. The van der Waals surface area contributed by atoms with Crippen LogP contribution in [0.15, 0.2) is 66.7 Å². The molecule has 0 aliphatic rings. The Morgan fingerprint density at radius 3 is 2.35 bits per heavy atom. The minimum atomic E-state index is -0.242. The third-order valence-corrected chi connectivity index (χ3v) is 3.83. The molecule has 3 heteroatoms. The fourth-order valence-corrected chi connectivity index (χ4v) is 2.59. The highest BCUT2D eigenvalue weighted by molar-refractivity contribution is 5.85. The van der Waals surface area contributed by atoms with Gasteiger partial charge in [0.05, 0.1) is 6.42 Å². The van der Waals surface area contributed by atoms with Gasteiger partial charge in [0.2, 0.25) is 5.91 Å². The van der Waals surface area contributed by atoms with Gasteiger partial charge in [0, 0.05) is 6.54 Å². The molecule has 3 rings (SSSR count). The average Bonchev–Trinajstić information content (AvgIpc) is 2.56. The van der Waals surface area contributed by atoms with Gasteiger partial charge in [-0.15, -0.1) is 0 Å². The topological polar surface area (TPSA) is 29.1 Å². The molecule has 3 aromatic carbocycles. The Kier molecular flexibility index (Phi) is 4.67. The molecule has 0 radical (unpaired) electrons. The van der Waals surface area contributed by atoms with E-state index in [0.717, 1.165) is 16.5 Å². The third-order valence-electron chi connectivity index (χ3n) is 3.83. The SMILES string of the molecule is O=C(Cc1ccc2ccccc2c1)NCCc1ccc(F)cc1. The van der Waals surface area contributed by atoms with Crippen LogP contribution in [0.5, 0.6) is 0 Å². The highest BCUT2D eigenvalue weighted by Crippen LogP contribution is 2.15. The van der Waals surface area contributed by atoms with Crippen molar-refractivity contribution in [3.8, 4) is 0 Å². The lowest BCUT2D eigenvalue weighted by Gasteiger charge is -2.07. The smallest absolute Gasteiger partial charge is 0.224 e. The van der Waals surface area contributed by atoms with Gasteiger partial charge in [-0.05, 0) is 40.5 Å². The summed E-state index contributed by atoms with van der Waals surface area (Å²) in [5, 5.41) is 5.23. The van der Waals surface area contributed by atoms with E-state index in [1.54, 1.807) is 12.1 Å². The molecule has 0 saturated heterocycles. The minimum absolute atomic E-state index is 0.00222. The number of hydrogen-bond donors (Lipinski definition) is 1. The molecule has 2 nitrogen and oxygen atoms in total. The van der Waals surface area contributed by atoms with Crippen molar-refractivity contribution in [1.82, 2.24) is 5.32 Å². The van der Waals surface area contributed by atoms with Crippen molar-refractivity contribution in [3.05, 3.63) is 83.7 Å². The van der Waals surface area contributed by atoms with Crippen LogP contribution in [-0.4, -0.2) is 12.5 Å². The summed E-state index contributed by atoms with van der Waals surface area (Å²) < 4.78 is 12.8. The van der Waals surface area contributed by atoms with Crippen LogP contribution < -0.4 is 5.32 Å². The van der Waals surface area contributed by atoms with Gasteiger partial charge in [0.15, 0.2) is 0 Å². The van der Waals surface area contributed by atoms with E-state index in [1.165, 1.54) is 17.5 Å². The van der Waals surface area contributed by atoms with E-state index >= 15 is 0 Å². The van der Waals surface area contributed by atoms with E-state index in [4.69, 9.17) is 0 Å². The summed E-state index contributed by atoms with van der Waals surface area (Å²) >= 11 is 0. The van der Waals surface area contributed by atoms with Crippen LogP contribution in [0.1, 0.15) is 11.1 Å². The zero-order valence-corrected chi connectivity index (χ0v) is 12.8. The Morgan fingerprint density at radius 2 is 1.57 bits per heavy atom. The second-order valence-corrected chi connectivity index (χ2v) is 5.58. The number of nitrogens with one attached hydrogen (secondary N) is 1. The summed E-state index contributed by atoms with van der Waals surface area (Å²) in [5.74, 6) is -0.239. The molecule has 3 aromatic rings. The van der Waals surface area contributed by atoms with E-state index < -0.39 is 0 Å². The number of amides is 1. The number of carbonyl (C=O) groups excluding carboxylic acids is 1. The van der Waals surface area contributed by atoms with Crippen LogP contribution in [0, 0.1) is 5.82 Å². The predicted octanol–water partition coefficient (Wildman–Crippen LogP) is 3.88. The Hall–Kier alpha value is -2.68. The van der Waals surface area contributed by atoms with Crippen LogP contribution in [0.3, 0.4) is 0 Å². The molecule has 0 aliphatic carbocycles. The Bertz CT molecular complexity index is 811. The van der Waals surface area contributed by atoms with Gasteiger partial charge in [0.25, 0.3) is 0 Å². The Labute approximate surface area is 135 Å². The summed E-state index contributed by atoms with van der Waals surface area (Å²) in [7, 11) is 0. The Balaban J connectivity index is 1.53. The highest BCUT2D eigenvalue weighted by Gasteiger charge is 2.04. The molecule has 0 bridgehead atoms. The maximum atomic E-state index is 12.8. The maximum Gasteiger partial charge on any atom is 0.224 e. The van der Waals surface area contributed by atoms with Crippen molar-refractivity contribution < 1.29 is 9.18 Å². The van der Waals surface area contributed by atoms with Gasteiger partial charge < -0.3 is 5.32 Å². The van der Waals surface area contributed by atoms with Crippen molar-refractivity contribution >= 4 is 16.7 Å². The van der Waals surface area contributed by atoms with Crippen molar-refractivity contribution in [2.75, 3.05) is 6.54 Å². The summed E-state index contributed by atoms with van der Waals surface area (Å²) in [6.07, 6.45) is 1.07. The van der Waals surface area contributed by atoms with E-state index in [0.29, 0.717) is 19.4 Å². The molecule has 0 aromatic heterocycles. The molecule has 23 heavy (non-hydrogen) atoms. The summed E-state index contributed by atoms with van der Waals surface area (Å²) in [6, 6.07) is 20.5. The molecule has 0 heterocycles. The monoisotopic (exact) mass is 307 g/mol. The van der Waals surface area contributed by atoms with Crippen molar-refractivity contribution in [1.29, 1.82) is 0 Å². The molecule has 0 unspecified atom stereocenters. The van der Waals surface area contributed by atoms with Crippen LogP contribution in [0.25, 0.3) is 10.8 Å². The molecule has 0 spiro atoms. The number of halogens is 1. The third kappa shape index (κ3) is 4.16. The van der Waals surface area contributed by atoms with E-state index in [-0.39, 0.29) is 11.7 Å². The van der Waals surface area contributed by atoms with Gasteiger partial charge >= 0.3 is 0 Å². The van der Waals surface area contributed by atoms with Crippen LogP contribution in [-0.2, 0) is 17.6 Å². The molecule has 0 atom stereocenters.